The van der Waals surface area contributed by atoms with E-state index >= 15 is 0 Å². The maximum absolute atomic E-state index is 12.0. The topological polar surface area (TPSA) is 11.4 Å². The van der Waals surface area contributed by atoms with E-state index in [0.29, 0.717) is 50.5 Å². The lowest BCUT2D eigenvalue weighted by Crippen LogP contribution is -2.61. The molecule has 13 aromatic carbocycles. The van der Waals surface area contributed by atoms with Crippen molar-refractivity contribution in [2.75, 3.05) is 9.80 Å². The predicted molar refractivity (Wildman–Crippen MR) is 572 cm³/mol. The second-order valence-corrected chi connectivity index (χ2v) is 49.9. The molecule has 0 fully saturated rings. The molecule has 3 nitrogen and oxygen atoms in total. The lowest BCUT2D eigenvalue weighted by atomic mass is 9.33. The Labute approximate surface area is 803 Å². The van der Waals surface area contributed by atoms with Gasteiger partial charge in [-0.2, -0.15) is 0 Å². The Morgan fingerprint density at radius 2 is 0.623 bits per heavy atom. The van der Waals surface area contributed by atoms with Gasteiger partial charge < -0.3 is 14.4 Å². The van der Waals surface area contributed by atoms with Crippen molar-refractivity contribution in [2.24, 2.45) is 0 Å². The highest BCUT2D eigenvalue weighted by atomic mass is 15.2. The van der Waals surface area contributed by atoms with E-state index in [2.05, 4.69) is 326 Å². The zero-order valence-electron chi connectivity index (χ0n) is 98.9. The molecule has 1 aromatic heterocycles. The number of fused-ring (bicyclic) bond motifs is 7. The second-order valence-electron chi connectivity index (χ2n) is 49.9. The van der Waals surface area contributed by atoms with Crippen LogP contribution in [0.3, 0.4) is 0 Å². The van der Waals surface area contributed by atoms with E-state index in [4.69, 9.17) is 1.37 Å². The van der Waals surface area contributed by atoms with Gasteiger partial charge in [-0.3, -0.25) is 0 Å². The van der Waals surface area contributed by atoms with Crippen LogP contribution in [0.5, 0.6) is 0 Å². The van der Waals surface area contributed by atoms with Crippen LogP contribution in [0.1, 0.15) is 335 Å². The molecule has 0 amide bonds. The minimum atomic E-state index is -1.14. The standard InChI is InChI=1S/C126H148BN3/c1-115(2,3)83-47-42-78(43-48-83)95-71-91(123(25,26)27)73-100(94-56-51-88(120(16,17)18)75-103(94)126(34,35)36)113(95)129-108-64-80(77-40-38-37-39-41-77)46-58-104(108)127-105-59-55-93(128-106-60-53-86(118(10,11)12)69-98(106)99-70-87(119(13,14)15)54-61-107(99)128)76-109(105)130(111-66-82(65-110(129)112(111)127)81-62-89(121(19,20)21)67-90(63-81)122(22,23)24)114-96(79-44-49-84(50-45-79)116(4,5)6)72-92(124(28,29)30)74-101(114)97-68-85(117(7,8)9)52-57-102(97)125(31,32)33/h37-76H,1-36H3/i37D,38D,39D,40D,41D,44D,45D,49D,50D,52D,57D,68D,72D,74D. The van der Waals surface area contributed by atoms with Crippen molar-refractivity contribution < 1.29 is 19.2 Å². The van der Waals surface area contributed by atoms with Gasteiger partial charge in [-0.05, 0) is 271 Å². The van der Waals surface area contributed by atoms with Gasteiger partial charge >= 0.3 is 0 Å². The second kappa shape index (κ2) is 31.5. The lowest BCUT2D eigenvalue weighted by Gasteiger charge is -2.46. The highest BCUT2D eigenvalue weighted by Gasteiger charge is 2.48. The number of rotatable bonds is 9. The molecule has 4 heteroatoms. The number of nitrogens with zero attached hydrogens (tertiary/aromatic N) is 3. The van der Waals surface area contributed by atoms with Gasteiger partial charge in [0.2, 0.25) is 0 Å². The molecule has 0 saturated carbocycles. The normalized spacial score (nSPS) is 15.5. The smallest absolute Gasteiger partial charge is 0.252 e. The maximum Gasteiger partial charge on any atom is 0.252 e. The molecular weight excluding hydrogens is 1570 g/mol. The zero-order valence-corrected chi connectivity index (χ0v) is 84.9. The summed E-state index contributed by atoms with van der Waals surface area (Å²) >= 11 is 0. The van der Waals surface area contributed by atoms with Gasteiger partial charge in [0.05, 0.1) is 41.6 Å². The molecule has 0 N–H and O–H groups in total. The molecule has 0 saturated heterocycles. The van der Waals surface area contributed by atoms with Gasteiger partial charge in [0, 0.05) is 61.5 Å². The van der Waals surface area contributed by atoms with E-state index in [-0.39, 0.29) is 132 Å². The zero-order chi connectivity index (χ0) is 107. The van der Waals surface area contributed by atoms with Crippen LogP contribution in [-0.4, -0.2) is 11.3 Å². The highest BCUT2D eigenvalue weighted by Crippen LogP contribution is 2.59. The van der Waals surface area contributed by atoms with Crippen LogP contribution in [0.4, 0.5) is 34.1 Å². The lowest BCUT2D eigenvalue weighted by molar-refractivity contribution is 0.568. The minimum absolute atomic E-state index is 0.00948. The first-order valence-electron chi connectivity index (χ1n) is 54.2. The summed E-state index contributed by atoms with van der Waals surface area (Å²) < 4.78 is 151. The molecule has 0 aliphatic carbocycles. The summed E-state index contributed by atoms with van der Waals surface area (Å²) in [6, 6.07) is 53.7. The molecule has 3 heterocycles. The molecule has 2 aliphatic heterocycles. The monoisotopic (exact) mass is 1730 g/mol. The summed E-state index contributed by atoms with van der Waals surface area (Å²) in [5, 5.41) is 2.05. The maximum atomic E-state index is 12.0. The Bertz CT molecular complexity index is 7550. The molecule has 0 spiro atoms. The van der Waals surface area contributed by atoms with Gasteiger partial charge in [-0.25, -0.2) is 0 Å². The molecular formula is C126H148BN3. The first-order valence-corrected chi connectivity index (χ1v) is 47.2. The third-order valence-electron chi connectivity index (χ3n) is 27.0. The number of anilines is 6. The average Bonchev–Trinajstić information content (AvgIpc) is 0.687. The average molecular weight is 1730 g/mol. The van der Waals surface area contributed by atoms with Crippen LogP contribution in [0.25, 0.3) is 94.3 Å². The molecule has 14 aromatic rings. The Hall–Kier alpha value is -10.7. The molecule has 0 radical (unpaired) electrons. The van der Waals surface area contributed by atoms with E-state index in [0.717, 1.165) is 105 Å². The molecule has 130 heavy (non-hydrogen) atoms. The van der Waals surface area contributed by atoms with Crippen molar-refractivity contribution in [3.63, 3.8) is 0 Å². The fourth-order valence-electron chi connectivity index (χ4n) is 18.8. The molecule has 670 valence electrons. The van der Waals surface area contributed by atoms with Crippen LogP contribution in [-0.2, 0) is 65.0 Å². The van der Waals surface area contributed by atoms with Gasteiger partial charge in [0.1, 0.15) is 0 Å². The fraction of sp³-hybridized carbons (Fsp3) is 0.381. The summed E-state index contributed by atoms with van der Waals surface area (Å²) in [6.07, 6.45) is 0. The van der Waals surface area contributed by atoms with E-state index in [1.54, 1.807) is 0 Å². The third kappa shape index (κ3) is 17.3. The largest absolute Gasteiger partial charge is 0.310 e. The van der Waals surface area contributed by atoms with Crippen LogP contribution in [0.15, 0.2) is 242 Å². The first kappa shape index (κ1) is 75.9. The van der Waals surface area contributed by atoms with Crippen molar-refractivity contribution in [2.45, 2.75) is 314 Å². The number of benzene rings is 13. The van der Waals surface area contributed by atoms with Crippen molar-refractivity contribution in [3.05, 3.63) is 309 Å². The Morgan fingerprint density at radius 3 is 1.12 bits per heavy atom. The Balaban J connectivity index is 1.28. The van der Waals surface area contributed by atoms with Crippen LogP contribution in [0, 0.1) is 0 Å². The summed E-state index contributed by atoms with van der Waals surface area (Å²) in [4.78, 5) is 4.57. The molecule has 0 bridgehead atoms. The Kier molecular flexibility index (Phi) is 18.4. The molecule has 16 rings (SSSR count). The number of hydrogen-bond donors (Lipinski definition) is 0. The van der Waals surface area contributed by atoms with Gasteiger partial charge in [-0.1, -0.05) is 413 Å². The van der Waals surface area contributed by atoms with Crippen molar-refractivity contribution in [1.29, 1.82) is 0 Å². The first-order chi connectivity index (χ1) is 65.9. The predicted octanol–water partition coefficient (Wildman–Crippen LogP) is 34.4. The van der Waals surface area contributed by atoms with Crippen LogP contribution >= 0.6 is 0 Å². The summed E-state index contributed by atoms with van der Waals surface area (Å²) in [5.74, 6) is 0. The fourth-order valence-corrected chi connectivity index (χ4v) is 18.8. The van der Waals surface area contributed by atoms with Gasteiger partial charge in [0.15, 0.2) is 0 Å². The Morgan fingerprint density at radius 1 is 0.223 bits per heavy atom. The van der Waals surface area contributed by atoms with E-state index in [1.165, 1.54) is 0 Å². The minimum Gasteiger partial charge on any atom is -0.310 e. The van der Waals surface area contributed by atoms with Gasteiger partial charge in [0.25, 0.3) is 6.71 Å². The third-order valence-corrected chi connectivity index (χ3v) is 27.0. The van der Waals surface area contributed by atoms with Crippen LogP contribution in [0.2, 0.25) is 0 Å². The quantitative estimate of drug-likeness (QED) is 0.133. The summed E-state index contributed by atoms with van der Waals surface area (Å²) in [7, 11) is 0. The van der Waals surface area contributed by atoms with E-state index < -0.39 is 80.2 Å². The van der Waals surface area contributed by atoms with E-state index in [1.807, 2.05) is 95.2 Å². The highest BCUT2D eigenvalue weighted by molar-refractivity contribution is 7.00. The van der Waals surface area contributed by atoms with Crippen molar-refractivity contribution >= 4 is 79.0 Å². The molecule has 0 atom stereocenters. The van der Waals surface area contributed by atoms with Crippen molar-refractivity contribution in [3.8, 4) is 72.4 Å². The van der Waals surface area contributed by atoms with Crippen molar-refractivity contribution in [1.82, 2.24) is 4.57 Å². The number of hydrogen-bond acceptors (Lipinski definition) is 2. The number of aromatic nitrogens is 1. The van der Waals surface area contributed by atoms with E-state index in [9.17, 15) is 17.8 Å². The van der Waals surface area contributed by atoms with Gasteiger partial charge in [-0.15, -0.1) is 0 Å². The molecule has 2 aliphatic rings. The summed E-state index contributed by atoms with van der Waals surface area (Å²) in [6.45, 7) is 76.2. The van der Waals surface area contributed by atoms with Crippen LogP contribution < -0.4 is 26.2 Å². The SMILES string of the molecule is [2H]c1c([2H])c([2H])c(-c2ccc3c(c2)N(c2c(-c4ccc(C(C)(C)C)cc4)cc(C(C)(C)C)cc2-c2ccc(C(C)(C)C)cc2C(C)(C)C)c2cc(-c4cc(C(C)(C)C)cc(C(C)(C)C)c4)cc4c2B3c2ccc(-n3c5ccc(C(C)(C)C)cc5c5cc(C(C)(C)C)ccc53)cc2N4c2c(-c3c([2H])c([2H])c(C(C)(C)C)c([2H])c3[2H])c([2H])c(C(C)(C)C)c([2H])c2-c2c([2H])c(C(C)(C)C)c([2H])c([2H])c2C(C)(C)C)c([2H])c1[2H]. The molecule has 0 unspecified atom stereocenters. The summed E-state index contributed by atoms with van der Waals surface area (Å²) in [5.41, 5.74) is 15.6.